The van der Waals surface area contributed by atoms with Gasteiger partial charge in [0.2, 0.25) is 5.91 Å². The largest absolute Gasteiger partial charge is 0.364 e. The van der Waals surface area contributed by atoms with E-state index in [1.165, 1.54) is 4.90 Å². The molecule has 3 amide bonds. The number of carbonyl (C=O) groups is 2. The first-order chi connectivity index (χ1) is 9.25. The second-order valence-corrected chi connectivity index (χ2v) is 4.04. The van der Waals surface area contributed by atoms with Gasteiger partial charge in [-0.05, 0) is 5.56 Å². The maximum absolute atomic E-state index is 11.2. The molecule has 1 aliphatic heterocycles. The number of nitrogens with zero attached hydrogens (tertiary/aromatic N) is 1. The predicted molar refractivity (Wildman–Crippen MR) is 69.0 cm³/mol. The van der Waals surface area contributed by atoms with Crippen molar-refractivity contribution in [2.24, 2.45) is 0 Å². The zero-order chi connectivity index (χ0) is 13.5. The number of nitrogens with one attached hydrogen (secondary N) is 1. The number of urea groups is 1. The third-order valence-corrected chi connectivity index (χ3v) is 2.55. The van der Waals surface area contributed by atoms with Crippen LogP contribution in [0.5, 0.6) is 0 Å². The third-order valence-electron chi connectivity index (χ3n) is 2.55. The molecule has 5 nitrogen and oxygen atoms in total. The van der Waals surface area contributed by atoms with Gasteiger partial charge in [0, 0.05) is 0 Å². The minimum atomic E-state index is -0.385. The summed E-state index contributed by atoms with van der Waals surface area (Å²) in [5.74, 6) is 5.33. The second kappa shape index (κ2) is 6.57. The Bertz CT molecular complexity index is 516. The van der Waals surface area contributed by atoms with E-state index < -0.39 is 0 Å². The number of hydrogen-bond donors (Lipinski definition) is 1. The van der Waals surface area contributed by atoms with Crippen LogP contribution in [0.15, 0.2) is 30.3 Å². The van der Waals surface area contributed by atoms with E-state index >= 15 is 0 Å². The summed E-state index contributed by atoms with van der Waals surface area (Å²) in [5, 5.41) is 2.19. The molecule has 0 spiro atoms. The van der Waals surface area contributed by atoms with Gasteiger partial charge < -0.3 is 9.64 Å². The number of rotatable bonds is 4. The van der Waals surface area contributed by atoms with E-state index in [-0.39, 0.29) is 25.0 Å². The first-order valence-electron chi connectivity index (χ1n) is 5.92. The van der Waals surface area contributed by atoms with E-state index in [0.717, 1.165) is 5.56 Å². The Hall–Kier alpha value is -2.32. The van der Waals surface area contributed by atoms with E-state index in [9.17, 15) is 9.59 Å². The smallest absolute Gasteiger partial charge is 0.325 e. The summed E-state index contributed by atoms with van der Waals surface area (Å²) in [6.07, 6.45) is 0. The summed E-state index contributed by atoms with van der Waals surface area (Å²) in [7, 11) is 0. The number of amides is 3. The molecule has 1 aromatic rings. The lowest BCUT2D eigenvalue weighted by molar-refractivity contribution is -0.118. The van der Waals surface area contributed by atoms with E-state index in [0.29, 0.717) is 13.2 Å². The van der Waals surface area contributed by atoms with Crippen LogP contribution in [0.4, 0.5) is 4.79 Å². The molecule has 0 aliphatic carbocycles. The molecule has 1 heterocycles. The van der Waals surface area contributed by atoms with E-state index in [1.807, 2.05) is 30.3 Å². The summed E-state index contributed by atoms with van der Waals surface area (Å²) in [4.78, 5) is 23.4. The van der Waals surface area contributed by atoms with E-state index in [1.54, 1.807) is 0 Å². The first kappa shape index (κ1) is 13.1. The van der Waals surface area contributed by atoms with Crippen molar-refractivity contribution in [2.75, 3.05) is 19.7 Å². The van der Waals surface area contributed by atoms with E-state index in [2.05, 4.69) is 17.2 Å². The van der Waals surface area contributed by atoms with Crippen LogP contribution in [0.25, 0.3) is 0 Å². The zero-order valence-electron chi connectivity index (χ0n) is 10.4. The van der Waals surface area contributed by atoms with Crippen LogP contribution in [0, 0.1) is 11.8 Å². The van der Waals surface area contributed by atoms with Crippen LogP contribution in [0.3, 0.4) is 0 Å². The Morgan fingerprint density at radius 3 is 2.68 bits per heavy atom. The molecule has 0 aromatic heterocycles. The SMILES string of the molecule is O=C1CN(CC#CCOCc2ccccc2)C(=O)N1. The number of hydrogen-bond acceptors (Lipinski definition) is 3. The highest BCUT2D eigenvalue weighted by Gasteiger charge is 2.25. The maximum atomic E-state index is 11.2. The Morgan fingerprint density at radius 1 is 1.21 bits per heavy atom. The molecule has 98 valence electrons. The van der Waals surface area contributed by atoms with Crippen molar-refractivity contribution in [1.82, 2.24) is 10.2 Å². The van der Waals surface area contributed by atoms with Crippen molar-refractivity contribution >= 4 is 11.9 Å². The van der Waals surface area contributed by atoms with Crippen molar-refractivity contribution < 1.29 is 14.3 Å². The fourth-order valence-electron chi connectivity index (χ4n) is 1.61. The monoisotopic (exact) mass is 258 g/mol. The summed E-state index contributed by atoms with van der Waals surface area (Å²) in [5.41, 5.74) is 1.09. The maximum Gasteiger partial charge on any atom is 0.325 e. The fourth-order valence-corrected chi connectivity index (χ4v) is 1.61. The standard InChI is InChI=1S/C14H14N2O3/c17-13-10-16(14(18)15-13)8-4-5-9-19-11-12-6-2-1-3-7-12/h1-3,6-7H,8-11H2,(H,15,17,18). The summed E-state index contributed by atoms with van der Waals surface area (Å²) in [6.45, 7) is 1.14. The van der Waals surface area contributed by atoms with Crippen molar-refractivity contribution in [3.05, 3.63) is 35.9 Å². The van der Waals surface area contributed by atoms with Crippen LogP contribution in [-0.2, 0) is 16.1 Å². The van der Waals surface area contributed by atoms with Gasteiger partial charge in [-0.3, -0.25) is 10.1 Å². The predicted octanol–water partition coefficient (Wildman–Crippen LogP) is 0.758. The topological polar surface area (TPSA) is 58.6 Å². The molecule has 1 fully saturated rings. The molecule has 1 N–H and O–H groups in total. The summed E-state index contributed by atoms with van der Waals surface area (Å²) >= 11 is 0. The highest BCUT2D eigenvalue weighted by Crippen LogP contribution is 1.99. The van der Waals surface area contributed by atoms with Crippen LogP contribution in [0.1, 0.15) is 5.56 Å². The molecule has 0 saturated carbocycles. The number of benzene rings is 1. The van der Waals surface area contributed by atoms with E-state index in [4.69, 9.17) is 4.74 Å². The van der Waals surface area contributed by atoms with Gasteiger partial charge in [0.05, 0.1) is 13.2 Å². The van der Waals surface area contributed by atoms with Gasteiger partial charge in [-0.15, -0.1) is 0 Å². The Morgan fingerprint density at radius 2 is 2.00 bits per heavy atom. The second-order valence-electron chi connectivity index (χ2n) is 4.04. The summed E-state index contributed by atoms with van der Waals surface area (Å²) in [6, 6.07) is 9.43. The molecule has 19 heavy (non-hydrogen) atoms. The first-order valence-corrected chi connectivity index (χ1v) is 5.92. The Kier molecular flexibility index (Phi) is 4.54. The molecule has 5 heteroatoms. The molecule has 0 unspecified atom stereocenters. The highest BCUT2D eigenvalue weighted by molar-refractivity contribution is 6.01. The molecular weight excluding hydrogens is 244 g/mol. The van der Waals surface area contributed by atoms with Gasteiger partial charge in [0.1, 0.15) is 13.2 Å². The normalized spacial score (nSPS) is 14.0. The number of carbonyl (C=O) groups excluding carboxylic acids is 2. The van der Waals surface area contributed by atoms with Crippen molar-refractivity contribution in [3.8, 4) is 11.8 Å². The van der Waals surface area contributed by atoms with Crippen LogP contribution in [0.2, 0.25) is 0 Å². The molecule has 0 bridgehead atoms. The number of ether oxygens (including phenoxy) is 1. The molecule has 0 atom stereocenters. The lowest BCUT2D eigenvalue weighted by Gasteiger charge is -2.06. The molecular formula is C14H14N2O3. The zero-order valence-corrected chi connectivity index (χ0v) is 10.4. The van der Waals surface area contributed by atoms with Crippen LogP contribution >= 0.6 is 0 Å². The Balaban J connectivity index is 1.65. The highest BCUT2D eigenvalue weighted by atomic mass is 16.5. The molecule has 0 radical (unpaired) electrons. The molecule has 2 rings (SSSR count). The van der Waals surface area contributed by atoms with Crippen molar-refractivity contribution in [1.29, 1.82) is 0 Å². The third kappa shape index (κ3) is 4.12. The van der Waals surface area contributed by atoms with Crippen LogP contribution in [-0.4, -0.2) is 36.5 Å². The average Bonchev–Trinajstić information content (AvgIpc) is 2.73. The molecule has 1 aliphatic rings. The average molecular weight is 258 g/mol. The quantitative estimate of drug-likeness (QED) is 0.493. The van der Waals surface area contributed by atoms with Crippen molar-refractivity contribution in [2.45, 2.75) is 6.61 Å². The van der Waals surface area contributed by atoms with Gasteiger partial charge >= 0.3 is 6.03 Å². The van der Waals surface area contributed by atoms with Gasteiger partial charge in [-0.2, -0.15) is 0 Å². The number of imide groups is 1. The van der Waals surface area contributed by atoms with Gasteiger partial charge in [-0.25, -0.2) is 4.79 Å². The van der Waals surface area contributed by atoms with Crippen molar-refractivity contribution in [3.63, 3.8) is 0 Å². The van der Waals surface area contributed by atoms with Gasteiger partial charge in [0.25, 0.3) is 0 Å². The lowest BCUT2D eigenvalue weighted by atomic mass is 10.2. The minimum Gasteiger partial charge on any atom is -0.364 e. The van der Waals surface area contributed by atoms with Crippen LogP contribution < -0.4 is 5.32 Å². The van der Waals surface area contributed by atoms with Gasteiger partial charge in [0.15, 0.2) is 0 Å². The fraction of sp³-hybridized carbons (Fsp3) is 0.286. The van der Waals surface area contributed by atoms with Gasteiger partial charge in [-0.1, -0.05) is 42.2 Å². The minimum absolute atomic E-state index is 0.0817. The Labute approximate surface area is 111 Å². The molecule has 1 saturated heterocycles. The summed E-state index contributed by atoms with van der Waals surface area (Å²) < 4.78 is 5.37. The lowest BCUT2D eigenvalue weighted by Crippen LogP contribution is -2.28. The molecule has 1 aromatic carbocycles.